The number of aromatic nitrogens is 2. The van der Waals surface area contributed by atoms with Gasteiger partial charge in [-0.15, -0.1) is 10.2 Å². The fourth-order valence-corrected chi connectivity index (χ4v) is 3.79. The lowest BCUT2D eigenvalue weighted by Crippen LogP contribution is -2.42. The molecule has 140 valence electrons. The molecule has 0 radical (unpaired) electrons. The van der Waals surface area contributed by atoms with Gasteiger partial charge in [-0.25, -0.2) is 0 Å². The summed E-state index contributed by atoms with van der Waals surface area (Å²) in [5.41, 5.74) is 1.85. The van der Waals surface area contributed by atoms with Gasteiger partial charge < -0.3 is 9.15 Å². The maximum absolute atomic E-state index is 6.23. The first-order valence-corrected chi connectivity index (χ1v) is 9.54. The van der Waals surface area contributed by atoms with E-state index in [1.165, 1.54) is 5.56 Å². The summed E-state index contributed by atoms with van der Waals surface area (Å²) < 4.78 is 11.9. The maximum Gasteiger partial charge on any atom is 0.249 e. The van der Waals surface area contributed by atoms with E-state index in [2.05, 4.69) is 34.2 Å². The molecule has 27 heavy (non-hydrogen) atoms. The third-order valence-corrected chi connectivity index (χ3v) is 5.04. The predicted octanol–water partition coefficient (Wildman–Crippen LogP) is 5.01. The number of benzene rings is 2. The van der Waals surface area contributed by atoms with Crippen LogP contribution in [0.25, 0.3) is 11.5 Å². The van der Waals surface area contributed by atoms with Gasteiger partial charge in [-0.05, 0) is 30.7 Å². The highest BCUT2D eigenvalue weighted by atomic mass is 35.5. The van der Waals surface area contributed by atoms with Crippen LogP contribution in [-0.2, 0) is 11.3 Å². The first-order chi connectivity index (χ1) is 13.1. The first-order valence-electron chi connectivity index (χ1n) is 8.79. The summed E-state index contributed by atoms with van der Waals surface area (Å²) in [5, 5.41) is 9.37. The number of rotatable bonds is 4. The van der Waals surface area contributed by atoms with Crippen LogP contribution in [0.4, 0.5) is 0 Å². The highest BCUT2D eigenvalue weighted by Crippen LogP contribution is 2.30. The predicted molar refractivity (Wildman–Crippen MR) is 105 cm³/mol. The summed E-state index contributed by atoms with van der Waals surface area (Å²) in [5.74, 6) is 0.949. The third kappa shape index (κ3) is 4.33. The fourth-order valence-electron chi connectivity index (χ4n) is 3.30. The van der Waals surface area contributed by atoms with E-state index in [0.717, 1.165) is 13.1 Å². The van der Waals surface area contributed by atoms with Gasteiger partial charge in [-0.2, -0.15) is 0 Å². The van der Waals surface area contributed by atoms with Crippen LogP contribution in [0.15, 0.2) is 52.9 Å². The molecule has 5 nitrogen and oxygen atoms in total. The largest absolute Gasteiger partial charge is 0.419 e. The van der Waals surface area contributed by atoms with E-state index in [1.54, 1.807) is 18.2 Å². The van der Waals surface area contributed by atoms with Crippen LogP contribution in [0.5, 0.6) is 0 Å². The van der Waals surface area contributed by atoms with Gasteiger partial charge in [0.25, 0.3) is 0 Å². The molecule has 4 rings (SSSR count). The average molecular weight is 404 g/mol. The normalized spacial score (nSPS) is 20.7. The SMILES string of the molecule is CC1CN(Cc2nnc(-c3ccc(Cl)cc3Cl)o2)CC(c2ccccc2)O1. The summed E-state index contributed by atoms with van der Waals surface area (Å²) >= 11 is 12.2. The Kier molecular flexibility index (Phi) is 5.45. The molecule has 7 heteroatoms. The molecule has 1 aliphatic heterocycles. The van der Waals surface area contributed by atoms with Gasteiger partial charge in [-0.3, -0.25) is 4.90 Å². The Hall–Kier alpha value is -1.92. The average Bonchev–Trinajstić information content (AvgIpc) is 3.10. The van der Waals surface area contributed by atoms with E-state index >= 15 is 0 Å². The number of ether oxygens (including phenoxy) is 1. The molecule has 2 unspecified atom stereocenters. The Bertz CT molecular complexity index is 917. The molecule has 2 atom stereocenters. The van der Waals surface area contributed by atoms with Crippen LogP contribution < -0.4 is 0 Å². The van der Waals surface area contributed by atoms with Gasteiger partial charge >= 0.3 is 0 Å². The van der Waals surface area contributed by atoms with E-state index in [9.17, 15) is 0 Å². The number of hydrogen-bond acceptors (Lipinski definition) is 5. The fraction of sp³-hybridized carbons (Fsp3) is 0.300. The zero-order chi connectivity index (χ0) is 18.8. The van der Waals surface area contributed by atoms with E-state index < -0.39 is 0 Å². The zero-order valence-electron chi connectivity index (χ0n) is 14.8. The van der Waals surface area contributed by atoms with Crippen molar-refractivity contribution in [1.29, 1.82) is 0 Å². The van der Waals surface area contributed by atoms with Gasteiger partial charge in [0, 0.05) is 18.1 Å². The quantitative estimate of drug-likeness (QED) is 0.612. The maximum atomic E-state index is 6.23. The number of morpholine rings is 1. The van der Waals surface area contributed by atoms with Crippen LogP contribution >= 0.6 is 23.2 Å². The zero-order valence-corrected chi connectivity index (χ0v) is 16.3. The van der Waals surface area contributed by atoms with Crippen molar-refractivity contribution in [2.24, 2.45) is 0 Å². The number of nitrogens with zero attached hydrogens (tertiary/aromatic N) is 3. The molecule has 0 aliphatic carbocycles. The molecular weight excluding hydrogens is 385 g/mol. The van der Waals surface area contributed by atoms with Crippen LogP contribution in [0, 0.1) is 0 Å². The lowest BCUT2D eigenvalue weighted by Gasteiger charge is -2.36. The highest BCUT2D eigenvalue weighted by Gasteiger charge is 2.27. The van der Waals surface area contributed by atoms with Crippen LogP contribution in [-0.4, -0.2) is 34.3 Å². The standard InChI is InChI=1S/C20H19Cl2N3O2/c1-13-10-25(11-18(26-13)14-5-3-2-4-6-14)12-19-23-24-20(27-19)16-8-7-15(21)9-17(16)22/h2-9,13,18H,10-12H2,1H3. The van der Waals surface area contributed by atoms with Crippen LogP contribution in [0.3, 0.4) is 0 Å². The second-order valence-corrected chi connectivity index (χ2v) is 7.51. The molecule has 0 saturated carbocycles. The first kappa shape index (κ1) is 18.4. The van der Waals surface area contributed by atoms with Crippen molar-refractivity contribution in [3.8, 4) is 11.5 Å². The molecule has 1 saturated heterocycles. The van der Waals surface area contributed by atoms with Crippen molar-refractivity contribution in [2.75, 3.05) is 13.1 Å². The molecule has 1 aromatic heterocycles. The monoisotopic (exact) mass is 403 g/mol. The summed E-state index contributed by atoms with van der Waals surface area (Å²) in [6.07, 6.45) is 0.153. The van der Waals surface area contributed by atoms with Gasteiger partial charge in [0.1, 0.15) is 0 Å². The second kappa shape index (κ2) is 7.98. The number of halogens is 2. The van der Waals surface area contributed by atoms with Crippen molar-refractivity contribution < 1.29 is 9.15 Å². The lowest BCUT2D eigenvalue weighted by molar-refractivity contribution is -0.0830. The molecule has 0 spiro atoms. The molecule has 1 fully saturated rings. The Morgan fingerprint density at radius 2 is 1.89 bits per heavy atom. The van der Waals surface area contributed by atoms with Crippen molar-refractivity contribution in [3.05, 3.63) is 70.0 Å². The lowest BCUT2D eigenvalue weighted by atomic mass is 10.1. The van der Waals surface area contributed by atoms with E-state index in [1.807, 2.05) is 18.2 Å². The van der Waals surface area contributed by atoms with Crippen molar-refractivity contribution in [3.63, 3.8) is 0 Å². The summed E-state index contributed by atoms with van der Waals surface area (Å²) in [6, 6.07) is 15.4. The molecule has 0 N–H and O–H groups in total. The summed E-state index contributed by atoms with van der Waals surface area (Å²) in [7, 11) is 0. The Morgan fingerprint density at radius 3 is 2.67 bits per heavy atom. The minimum Gasteiger partial charge on any atom is -0.419 e. The molecule has 2 heterocycles. The van der Waals surface area contributed by atoms with Crippen LogP contribution in [0.2, 0.25) is 10.0 Å². The van der Waals surface area contributed by atoms with Gasteiger partial charge in [0.05, 0.1) is 29.3 Å². The van der Waals surface area contributed by atoms with Gasteiger partial charge in [0.15, 0.2) is 0 Å². The van der Waals surface area contributed by atoms with Crippen molar-refractivity contribution in [2.45, 2.75) is 25.7 Å². The Morgan fingerprint density at radius 1 is 1.07 bits per heavy atom. The van der Waals surface area contributed by atoms with Crippen LogP contribution in [0.1, 0.15) is 24.5 Å². The second-order valence-electron chi connectivity index (χ2n) is 6.67. The Labute approximate surface area is 167 Å². The van der Waals surface area contributed by atoms with Crippen molar-refractivity contribution >= 4 is 23.2 Å². The molecule has 2 aromatic carbocycles. The molecule has 0 bridgehead atoms. The topological polar surface area (TPSA) is 51.4 Å². The van der Waals surface area contributed by atoms with Gasteiger partial charge in [0.2, 0.25) is 11.8 Å². The summed E-state index contributed by atoms with van der Waals surface area (Å²) in [4.78, 5) is 2.27. The number of hydrogen-bond donors (Lipinski definition) is 0. The molecule has 0 amide bonds. The minimum absolute atomic E-state index is 0.0306. The highest BCUT2D eigenvalue weighted by molar-refractivity contribution is 6.36. The van der Waals surface area contributed by atoms with Gasteiger partial charge in [-0.1, -0.05) is 53.5 Å². The molecular formula is C20H19Cl2N3O2. The minimum atomic E-state index is 0.0306. The smallest absolute Gasteiger partial charge is 0.249 e. The third-order valence-electron chi connectivity index (χ3n) is 4.49. The van der Waals surface area contributed by atoms with Crippen molar-refractivity contribution in [1.82, 2.24) is 15.1 Å². The molecule has 3 aromatic rings. The molecule has 1 aliphatic rings. The summed E-state index contributed by atoms with van der Waals surface area (Å²) in [6.45, 7) is 4.22. The Balaban J connectivity index is 1.48. The van der Waals surface area contributed by atoms with E-state index in [0.29, 0.717) is 33.9 Å². The van der Waals surface area contributed by atoms with E-state index in [-0.39, 0.29) is 12.2 Å². The van der Waals surface area contributed by atoms with E-state index in [4.69, 9.17) is 32.4 Å².